The Labute approximate surface area is 151 Å². The SMILES string of the molecule is O=C(O)[C@@H]1C[C@@H](O)CN1C(=O)[C@@H]1CCCN1C(=O)OCc1ccccc1. The molecule has 2 saturated heterocycles. The predicted molar refractivity (Wildman–Crippen MR) is 90.1 cm³/mol. The van der Waals surface area contributed by atoms with Crippen LogP contribution in [-0.4, -0.2) is 69.3 Å². The molecule has 1 aromatic rings. The molecule has 0 radical (unpaired) electrons. The topological polar surface area (TPSA) is 107 Å². The molecule has 0 saturated carbocycles. The molecule has 0 bridgehead atoms. The maximum absolute atomic E-state index is 12.8. The van der Waals surface area contributed by atoms with Gasteiger partial charge in [-0.2, -0.15) is 0 Å². The lowest BCUT2D eigenvalue weighted by atomic mass is 10.1. The molecule has 0 aliphatic carbocycles. The molecule has 0 aromatic heterocycles. The smallest absolute Gasteiger partial charge is 0.410 e. The first kappa shape index (κ1) is 18.2. The van der Waals surface area contributed by atoms with Crippen LogP contribution < -0.4 is 0 Å². The Morgan fingerprint density at radius 3 is 2.54 bits per heavy atom. The summed E-state index contributed by atoms with van der Waals surface area (Å²) < 4.78 is 5.30. The van der Waals surface area contributed by atoms with Gasteiger partial charge in [-0.15, -0.1) is 0 Å². The highest BCUT2D eigenvalue weighted by atomic mass is 16.6. The third kappa shape index (κ3) is 3.80. The van der Waals surface area contributed by atoms with Gasteiger partial charge in [0.15, 0.2) is 0 Å². The predicted octanol–water partition coefficient (Wildman–Crippen LogP) is 0.834. The molecule has 2 heterocycles. The summed E-state index contributed by atoms with van der Waals surface area (Å²) in [6.07, 6.45) is -0.341. The number of hydrogen-bond acceptors (Lipinski definition) is 5. The summed E-state index contributed by atoms with van der Waals surface area (Å²) in [7, 11) is 0. The number of β-amino-alcohol motifs (C(OH)–C–C–N with tert-alkyl or cyclic N) is 1. The molecule has 3 atom stereocenters. The molecule has 2 aliphatic rings. The number of carbonyl (C=O) groups is 3. The number of carbonyl (C=O) groups excluding carboxylic acids is 2. The van der Waals surface area contributed by atoms with Crippen molar-refractivity contribution in [3.63, 3.8) is 0 Å². The summed E-state index contributed by atoms with van der Waals surface area (Å²) >= 11 is 0. The summed E-state index contributed by atoms with van der Waals surface area (Å²) in [5.74, 6) is -1.59. The second-order valence-corrected chi connectivity index (χ2v) is 6.63. The zero-order valence-corrected chi connectivity index (χ0v) is 14.3. The summed E-state index contributed by atoms with van der Waals surface area (Å²) in [5.41, 5.74) is 0.844. The lowest BCUT2D eigenvalue weighted by Gasteiger charge is -2.29. The van der Waals surface area contributed by atoms with Crippen LogP contribution in [0.4, 0.5) is 4.79 Å². The molecular formula is C18H22N2O6. The first-order valence-electron chi connectivity index (χ1n) is 8.66. The lowest BCUT2D eigenvalue weighted by Crippen LogP contribution is -2.51. The molecule has 2 amide bonds. The van der Waals surface area contributed by atoms with Crippen LogP contribution in [0, 0.1) is 0 Å². The second-order valence-electron chi connectivity index (χ2n) is 6.63. The van der Waals surface area contributed by atoms with E-state index in [4.69, 9.17) is 4.74 Å². The first-order valence-corrected chi connectivity index (χ1v) is 8.66. The average molecular weight is 362 g/mol. The Kier molecular flexibility index (Phi) is 5.41. The van der Waals surface area contributed by atoms with Crippen LogP contribution in [0.3, 0.4) is 0 Å². The van der Waals surface area contributed by atoms with Crippen LogP contribution >= 0.6 is 0 Å². The van der Waals surface area contributed by atoms with E-state index in [0.29, 0.717) is 19.4 Å². The summed E-state index contributed by atoms with van der Waals surface area (Å²) in [6.45, 7) is 0.467. The van der Waals surface area contributed by atoms with E-state index >= 15 is 0 Å². The van der Waals surface area contributed by atoms with E-state index < -0.39 is 36.2 Å². The third-order valence-corrected chi connectivity index (χ3v) is 4.82. The molecule has 140 valence electrons. The number of carboxylic acids is 1. The van der Waals surface area contributed by atoms with E-state index in [1.807, 2.05) is 30.3 Å². The maximum Gasteiger partial charge on any atom is 0.410 e. The fraction of sp³-hybridized carbons (Fsp3) is 0.500. The standard InChI is InChI=1S/C18H22N2O6/c21-13-9-15(17(23)24)20(10-13)16(22)14-7-4-8-19(14)18(25)26-11-12-5-2-1-3-6-12/h1-3,5-6,13-15,21H,4,7-11H2,(H,23,24)/t13-,14+,15+/m1/s1. The van der Waals surface area contributed by atoms with Crippen molar-refractivity contribution >= 4 is 18.0 Å². The van der Waals surface area contributed by atoms with Crippen LogP contribution in [0.5, 0.6) is 0 Å². The minimum Gasteiger partial charge on any atom is -0.480 e. The maximum atomic E-state index is 12.8. The minimum atomic E-state index is -1.15. The van der Waals surface area contributed by atoms with Crippen LogP contribution in [0.2, 0.25) is 0 Å². The summed E-state index contributed by atoms with van der Waals surface area (Å²) in [4.78, 5) is 39.1. The van der Waals surface area contributed by atoms with Gasteiger partial charge in [0.2, 0.25) is 5.91 Å². The molecule has 3 rings (SSSR count). The highest BCUT2D eigenvalue weighted by Gasteiger charge is 2.45. The summed E-state index contributed by atoms with van der Waals surface area (Å²) in [6, 6.07) is 7.42. The lowest BCUT2D eigenvalue weighted by molar-refractivity contribution is -0.149. The van der Waals surface area contributed by atoms with Crippen molar-refractivity contribution in [1.82, 2.24) is 9.80 Å². The fourth-order valence-corrected chi connectivity index (χ4v) is 3.53. The molecule has 26 heavy (non-hydrogen) atoms. The third-order valence-electron chi connectivity index (χ3n) is 4.82. The number of likely N-dealkylation sites (tertiary alicyclic amines) is 2. The number of rotatable bonds is 4. The van der Waals surface area contributed by atoms with E-state index in [-0.39, 0.29) is 19.6 Å². The number of hydrogen-bond donors (Lipinski definition) is 2. The van der Waals surface area contributed by atoms with Crippen molar-refractivity contribution in [2.45, 2.75) is 44.1 Å². The number of aliphatic hydroxyl groups is 1. The van der Waals surface area contributed by atoms with Crippen molar-refractivity contribution in [3.8, 4) is 0 Å². The van der Waals surface area contributed by atoms with E-state index in [9.17, 15) is 24.6 Å². The highest BCUT2D eigenvalue weighted by molar-refractivity contribution is 5.90. The van der Waals surface area contributed by atoms with Gasteiger partial charge in [0.05, 0.1) is 6.10 Å². The Morgan fingerprint density at radius 1 is 1.12 bits per heavy atom. The van der Waals surface area contributed by atoms with Crippen molar-refractivity contribution in [2.75, 3.05) is 13.1 Å². The largest absolute Gasteiger partial charge is 0.480 e. The zero-order chi connectivity index (χ0) is 18.7. The quantitative estimate of drug-likeness (QED) is 0.822. The zero-order valence-electron chi connectivity index (χ0n) is 14.3. The molecule has 2 N–H and O–H groups in total. The van der Waals surface area contributed by atoms with E-state index in [1.165, 1.54) is 9.80 Å². The molecule has 2 aliphatic heterocycles. The van der Waals surface area contributed by atoms with Crippen molar-refractivity contribution < 1.29 is 29.3 Å². The van der Waals surface area contributed by atoms with Gasteiger partial charge in [-0.3, -0.25) is 9.69 Å². The number of nitrogens with zero attached hydrogens (tertiary/aromatic N) is 2. The van der Waals surface area contributed by atoms with Crippen molar-refractivity contribution in [1.29, 1.82) is 0 Å². The Bertz CT molecular complexity index is 680. The van der Waals surface area contributed by atoms with E-state index in [0.717, 1.165) is 5.56 Å². The van der Waals surface area contributed by atoms with Crippen molar-refractivity contribution in [3.05, 3.63) is 35.9 Å². The molecule has 2 fully saturated rings. The molecular weight excluding hydrogens is 340 g/mol. The van der Waals surface area contributed by atoms with Crippen LogP contribution in [0.1, 0.15) is 24.8 Å². The van der Waals surface area contributed by atoms with Gasteiger partial charge in [0.1, 0.15) is 18.7 Å². The number of aliphatic carboxylic acids is 1. The van der Waals surface area contributed by atoms with Gasteiger partial charge < -0.3 is 19.8 Å². The number of benzene rings is 1. The normalized spacial score (nSPS) is 25.3. The van der Waals surface area contributed by atoms with Gasteiger partial charge in [-0.25, -0.2) is 9.59 Å². The first-order chi connectivity index (χ1) is 12.5. The van der Waals surface area contributed by atoms with Gasteiger partial charge in [0, 0.05) is 19.5 Å². The Balaban J connectivity index is 1.64. The van der Waals surface area contributed by atoms with Gasteiger partial charge in [0.25, 0.3) is 0 Å². The Hall–Kier alpha value is -2.61. The second kappa shape index (κ2) is 7.74. The van der Waals surface area contributed by atoms with Gasteiger partial charge >= 0.3 is 12.1 Å². The van der Waals surface area contributed by atoms with Crippen LogP contribution in [0.25, 0.3) is 0 Å². The average Bonchev–Trinajstić information content (AvgIpc) is 3.27. The number of aliphatic hydroxyl groups excluding tert-OH is 1. The van der Waals surface area contributed by atoms with Crippen LogP contribution in [-0.2, 0) is 20.9 Å². The monoisotopic (exact) mass is 362 g/mol. The molecule has 1 aromatic carbocycles. The van der Waals surface area contributed by atoms with Gasteiger partial charge in [-0.05, 0) is 18.4 Å². The molecule has 8 nitrogen and oxygen atoms in total. The molecule has 0 spiro atoms. The van der Waals surface area contributed by atoms with E-state index in [2.05, 4.69) is 0 Å². The number of ether oxygens (including phenoxy) is 1. The van der Waals surface area contributed by atoms with E-state index in [1.54, 1.807) is 0 Å². The van der Waals surface area contributed by atoms with Crippen molar-refractivity contribution in [2.24, 2.45) is 0 Å². The summed E-state index contributed by atoms with van der Waals surface area (Å²) in [5, 5.41) is 19.0. The number of amides is 2. The van der Waals surface area contributed by atoms with Crippen LogP contribution in [0.15, 0.2) is 30.3 Å². The number of carboxylic acid groups (broad SMARTS) is 1. The Morgan fingerprint density at radius 2 is 1.85 bits per heavy atom. The minimum absolute atomic E-state index is 0.00620. The highest BCUT2D eigenvalue weighted by Crippen LogP contribution is 2.26. The molecule has 0 unspecified atom stereocenters. The van der Waals surface area contributed by atoms with Gasteiger partial charge in [-0.1, -0.05) is 30.3 Å². The fourth-order valence-electron chi connectivity index (χ4n) is 3.53. The molecule has 8 heteroatoms.